The Labute approximate surface area is 174 Å². The summed E-state index contributed by atoms with van der Waals surface area (Å²) in [4.78, 5) is 0.610. The molecule has 0 radical (unpaired) electrons. The molecule has 4 rings (SSSR count). The number of aromatic nitrogens is 1. The Balaban J connectivity index is 1.90. The first kappa shape index (κ1) is 19.4. The lowest BCUT2D eigenvalue weighted by atomic mass is 10.1. The van der Waals surface area contributed by atoms with E-state index in [0.29, 0.717) is 4.80 Å². The second-order valence-corrected chi connectivity index (χ2v) is 8.95. The predicted molar refractivity (Wildman–Crippen MR) is 118 cm³/mol. The van der Waals surface area contributed by atoms with E-state index in [1.54, 1.807) is 12.1 Å². The van der Waals surface area contributed by atoms with Crippen molar-refractivity contribution in [2.45, 2.75) is 18.2 Å². The van der Waals surface area contributed by atoms with Gasteiger partial charge in [-0.1, -0.05) is 67.6 Å². The fourth-order valence-electron chi connectivity index (χ4n) is 3.06. The number of benzene rings is 3. The molecule has 1 heterocycles. The monoisotopic (exact) mass is 420 g/mol. The zero-order valence-corrected chi connectivity index (χ0v) is 17.5. The number of thiazole rings is 1. The van der Waals surface area contributed by atoms with Crippen LogP contribution >= 0.6 is 11.3 Å². The van der Waals surface area contributed by atoms with Crippen LogP contribution in [0.5, 0.6) is 0 Å². The average Bonchev–Trinajstić information content (AvgIpc) is 3.18. The van der Waals surface area contributed by atoms with E-state index in [9.17, 15) is 8.42 Å². The summed E-state index contributed by atoms with van der Waals surface area (Å²) in [5, 5.41) is 1.94. The van der Waals surface area contributed by atoms with Crippen LogP contribution in [0.25, 0.3) is 16.9 Å². The molecule has 0 saturated carbocycles. The highest BCUT2D eigenvalue weighted by molar-refractivity contribution is 7.90. The van der Waals surface area contributed by atoms with Gasteiger partial charge in [-0.15, -0.1) is 15.7 Å². The van der Waals surface area contributed by atoms with Crippen molar-refractivity contribution in [3.05, 3.63) is 101 Å². The maximum Gasteiger partial charge on any atom is 0.285 e. The Kier molecular flexibility index (Phi) is 5.47. The van der Waals surface area contributed by atoms with Crippen molar-refractivity contribution < 1.29 is 8.42 Å². The van der Waals surface area contributed by atoms with Crippen LogP contribution in [0.3, 0.4) is 0 Å². The fraction of sp³-hybridized carbons (Fsp3) is 0.0870. The molecule has 0 spiro atoms. The SMILES string of the molecule is CCc1ccc(S(=O)(=O)/N=c2/scc(-c3ccccc3)n2-c2ccccc2)cc1. The molecular weight excluding hydrogens is 400 g/mol. The van der Waals surface area contributed by atoms with Crippen LogP contribution in [0.4, 0.5) is 0 Å². The Morgan fingerprint density at radius 3 is 2.10 bits per heavy atom. The summed E-state index contributed by atoms with van der Waals surface area (Å²) in [5.74, 6) is 0. The second kappa shape index (κ2) is 8.19. The summed E-state index contributed by atoms with van der Waals surface area (Å²) in [5.41, 5.74) is 3.85. The number of hydrogen-bond acceptors (Lipinski definition) is 3. The second-order valence-electron chi connectivity index (χ2n) is 6.50. The van der Waals surface area contributed by atoms with E-state index in [1.165, 1.54) is 11.3 Å². The van der Waals surface area contributed by atoms with E-state index in [1.807, 2.05) is 89.7 Å². The van der Waals surface area contributed by atoms with Crippen LogP contribution < -0.4 is 4.80 Å². The van der Waals surface area contributed by atoms with Gasteiger partial charge in [-0.25, -0.2) is 0 Å². The molecule has 3 aromatic carbocycles. The van der Waals surface area contributed by atoms with Gasteiger partial charge < -0.3 is 0 Å². The average molecular weight is 421 g/mol. The first-order valence-corrected chi connectivity index (χ1v) is 11.6. The molecule has 0 N–H and O–H groups in total. The summed E-state index contributed by atoms with van der Waals surface area (Å²) in [6.45, 7) is 2.04. The Morgan fingerprint density at radius 2 is 1.48 bits per heavy atom. The van der Waals surface area contributed by atoms with Gasteiger partial charge in [0.2, 0.25) is 4.80 Å². The Morgan fingerprint density at radius 1 is 0.862 bits per heavy atom. The van der Waals surface area contributed by atoms with Crippen LogP contribution in [-0.2, 0) is 16.4 Å². The van der Waals surface area contributed by atoms with E-state index in [2.05, 4.69) is 4.40 Å². The van der Waals surface area contributed by atoms with Crippen molar-refractivity contribution in [2.75, 3.05) is 0 Å². The van der Waals surface area contributed by atoms with Crippen LogP contribution in [-0.4, -0.2) is 13.0 Å². The predicted octanol–water partition coefficient (Wildman–Crippen LogP) is 5.06. The van der Waals surface area contributed by atoms with Gasteiger partial charge in [0, 0.05) is 11.1 Å². The van der Waals surface area contributed by atoms with Crippen LogP contribution in [0.1, 0.15) is 12.5 Å². The Bertz CT molecular complexity index is 1270. The molecule has 0 aliphatic rings. The highest BCUT2D eigenvalue weighted by Crippen LogP contribution is 2.23. The highest BCUT2D eigenvalue weighted by atomic mass is 32.2. The number of rotatable bonds is 5. The standard InChI is InChI=1S/C23H20N2O2S2/c1-2-18-13-15-21(16-14-18)29(26,27)24-23-25(20-11-7-4-8-12-20)22(17-28-23)19-9-5-3-6-10-19/h3-17H,2H2,1H3/b24-23+. The molecule has 0 aliphatic carbocycles. The van der Waals surface area contributed by atoms with Gasteiger partial charge in [-0.3, -0.25) is 4.57 Å². The maximum absolute atomic E-state index is 13.0. The summed E-state index contributed by atoms with van der Waals surface area (Å²) in [7, 11) is -3.82. The third-order valence-corrected chi connectivity index (χ3v) is 6.84. The van der Waals surface area contributed by atoms with Gasteiger partial charge in [-0.05, 0) is 41.8 Å². The molecule has 4 aromatic rings. The minimum Gasteiger partial charge on any atom is -0.284 e. The van der Waals surface area contributed by atoms with Crippen molar-refractivity contribution in [2.24, 2.45) is 4.40 Å². The molecule has 0 bridgehead atoms. The van der Waals surface area contributed by atoms with E-state index < -0.39 is 10.0 Å². The number of aryl methyl sites for hydroxylation is 1. The first-order valence-electron chi connectivity index (χ1n) is 9.30. The van der Waals surface area contributed by atoms with Gasteiger partial charge in [-0.2, -0.15) is 8.42 Å². The molecule has 0 amide bonds. The topological polar surface area (TPSA) is 51.4 Å². The van der Waals surface area contributed by atoms with Crippen LogP contribution in [0, 0.1) is 0 Å². The molecule has 29 heavy (non-hydrogen) atoms. The molecule has 0 atom stereocenters. The lowest BCUT2D eigenvalue weighted by Crippen LogP contribution is -2.16. The molecule has 146 valence electrons. The molecular formula is C23H20N2O2S2. The van der Waals surface area contributed by atoms with Crippen molar-refractivity contribution >= 4 is 21.4 Å². The molecule has 1 aromatic heterocycles. The van der Waals surface area contributed by atoms with Crippen LogP contribution in [0.15, 0.2) is 99.6 Å². The number of hydrogen-bond donors (Lipinski definition) is 0. The Hall–Kier alpha value is -2.96. The highest BCUT2D eigenvalue weighted by Gasteiger charge is 2.16. The first-order chi connectivity index (χ1) is 14.1. The fourth-order valence-corrected chi connectivity index (χ4v) is 5.17. The minimum absolute atomic E-state index is 0.198. The molecule has 0 aliphatic heterocycles. The molecule has 0 unspecified atom stereocenters. The number of para-hydroxylation sites is 1. The molecule has 0 fully saturated rings. The quantitative estimate of drug-likeness (QED) is 0.453. The molecule has 4 nitrogen and oxygen atoms in total. The van der Waals surface area contributed by atoms with Gasteiger partial charge >= 0.3 is 0 Å². The third kappa shape index (κ3) is 4.09. The maximum atomic E-state index is 13.0. The van der Waals surface area contributed by atoms with Crippen molar-refractivity contribution in [3.8, 4) is 16.9 Å². The van der Waals surface area contributed by atoms with Crippen LogP contribution in [0.2, 0.25) is 0 Å². The summed E-state index contributed by atoms with van der Waals surface area (Å²) < 4.78 is 32.0. The van der Waals surface area contributed by atoms with E-state index >= 15 is 0 Å². The number of nitrogens with zero attached hydrogens (tertiary/aromatic N) is 2. The van der Waals surface area contributed by atoms with Crippen molar-refractivity contribution in [3.63, 3.8) is 0 Å². The normalized spacial score (nSPS) is 12.2. The van der Waals surface area contributed by atoms with Crippen molar-refractivity contribution in [1.82, 2.24) is 4.57 Å². The smallest absolute Gasteiger partial charge is 0.284 e. The zero-order valence-electron chi connectivity index (χ0n) is 15.9. The third-order valence-electron chi connectivity index (χ3n) is 4.62. The number of sulfonamides is 1. The lowest BCUT2D eigenvalue weighted by Gasteiger charge is -2.09. The largest absolute Gasteiger partial charge is 0.285 e. The van der Waals surface area contributed by atoms with Gasteiger partial charge in [0.1, 0.15) is 0 Å². The molecule has 6 heteroatoms. The summed E-state index contributed by atoms with van der Waals surface area (Å²) in [6.07, 6.45) is 0.858. The zero-order chi connectivity index (χ0) is 20.3. The molecule has 0 saturated heterocycles. The van der Waals surface area contributed by atoms with Gasteiger partial charge in [0.25, 0.3) is 10.0 Å². The summed E-state index contributed by atoms with van der Waals surface area (Å²) in [6, 6.07) is 26.5. The van der Waals surface area contributed by atoms with Crippen molar-refractivity contribution in [1.29, 1.82) is 0 Å². The van der Waals surface area contributed by atoms with Gasteiger partial charge in [0.05, 0.1) is 10.6 Å². The summed E-state index contributed by atoms with van der Waals surface area (Å²) >= 11 is 1.31. The lowest BCUT2D eigenvalue weighted by molar-refractivity contribution is 0.596. The van der Waals surface area contributed by atoms with E-state index in [-0.39, 0.29) is 4.90 Å². The minimum atomic E-state index is -3.82. The van der Waals surface area contributed by atoms with E-state index in [0.717, 1.165) is 28.9 Å². The van der Waals surface area contributed by atoms with Gasteiger partial charge in [0.15, 0.2) is 0 Å². The van der Waals surface area contributed by atoms with E-state index in [4.69, 9.17) is 0 Å².